The van der Waals surface area contributed by atoms with Crippen molar-refractivity contribution in [1.82, 2.24) is 0 Å². The van der Waals surface area contributed by atoms with E-state index in [1.165, 1.54) is 6.07 Å². The van der Waals surface area contributed by atoms with Crippen molar-refractivity contribution in [2.24, 2.45) is 0 Å². The van der Waals surface area contributed by atoms with Crippen LogP contribution in [0, 0.1) is 0 Å². The van der Waals surface area contributed by atoms with Crippen molar-refractivity contribution < 1.29 is 15.0 Å². The lowest BCUT2D eigenvalue weighted by molar-refractivity contribution is 0.0693. The molecule has 112 valence electrons. The first-order valence-electron chi connectivity index (χ1n) is 6.06. The van der Waals surface area contributed by atoms with Gasteiger partial charge in [-0.3, -0.25) is 0 Å². The summed E-state index contributed by atoms with van der Waals surface area (Å²) in [6.07, 6.45) is 0. The van der Waals surface area contributed by atoms with Crippen molar-refractivity contribution in [3.63, 3.8) is 0 Å². The summed E-state index contributed by atoms with van der Waals surface area (Å²) in [5.41, 5.74) is 1.22. The molecule has 5 heteroatoms. The Balaban J connectivity index is 0. The molecule has 1 aromatic carbocycles. The van der Waals surface area contributed by atoms with E-state index < -0.39 is 5.97 Å². The first-order valence-corrected chi connectivity index (χ1v) is 6.06. The molecule has 0 spiro atoms. The number of aromatic carboxylic acids is 1. The molecule has 1 aromatic rings. The van der Waals surface area contributed by atoms with E-state index in [-0.39, 0.29) is 56.9 Å². The zero-order chi connectivity index (χ0) is 14.3. The highest BCUT2D eigenvalue weighted by Crippen LogP contribution is 2.41. The Bertz CT molecular complexity index is 483. The van der Waals surface area contributed by atoms with Crippen molar-refractivity contribution in [1.29, 1.82) is 0 Å². The number of hydrogen-bond acceptors (Lipinski definition) is 2. The molecule has 0 aromatic heterocycles. The van der Waals surface area contributed by atoms with Gasteiger partial charge in [-0.2, -0.15) is 0 Å². The predicted octanol–water partition coefficient (Wildman–Crippen LogP) is 1.32. The van der Waals surface area contributed by atoms with E-state index in [0.717, 1.165) is 11.1 Å². The molecule has 0 amide bonds. The third kappa shape index (κ3) is 4.54. The highest BCUT2D eigenvalue weighted by molar-refractivity contribution is 5.91. The topological polar surface area (TPSA) is 57.5 Å². The monoisotopic (exact) mass is 310 g/mol. The van der Waals surface area contributed by atoms with E-state index in [2.05, 4.69) is 20.8 Å². The molecule has 0 heterocycles. The van der Waals surface area contributed by atoms with Crippen LogP contribution in [0.3, 0.4) is 0 Å². The van der Waals surface area contributed by atoms with Crippen LogP contribution in [0.5, 0.6) is 5.75 Å². The van der Waals surface area contributed by atoms with E-state index in [0.29, 0.717) is 0 Å². The molecule has 0 aliphatic carbocycles. The number of benzene rings is 1. The van der Waals surface area contributed by atoms with Gasteiger partial charge < -0.3 is 10.2 Å². The average Bonchev–Trinajstić information content (AvgIpc) is 2.12. The largest absolute Gasteiger partial charge is 0.507 e. The van der Waals surface area contributed by atoms with Gasteiger partial charge in [-0.1, -0.05) is 47.6 Å². The summed E-state index contributed by atoms with van der Waals surface area (Å²) in [5.74, 6) is -1.21. The van der Waals surface area contributed by atoms with Gasteiger partial charge >= 0.3 is 5.97 Å². The van der Waals surface area contributed by atoms with Gasteiger partial charge in [0.25, 0.3) is 0 Å². The number of rotatable bonds is 1. The molecule has 0 saturated carbocycles. The standard InChI is InChI=1S/C15H22O3.2Al.6H/c1-14(2,3)10-8-7-9(13(17)18)12(16)11(10)15(4,5)6;;;;;;;;/h7-8,16H,1-6H3,(H,17,18);;;;;;;;. The van der Waals surface area contributed by atoms with Crippen LogP contribution in [-0.2, 0) is 10.8 Å². The van der Waals surface area contributed by atoms with Crippen LogP contribution in [0.15, 0.2) is 12.1 Å². The molecule has 0 fully saturated rings. The summed E-state index contributed by atoms with van der Waals surface area (Å²) in [6, 6.07) is 3.29. The molecule has 0 unspecified atom stereocenters. The lowest BCUT2D eigenvalue weighted by Crippen LogP contribution is -2.23. The van der Waals surface area contributed by atoms with Crippen LogP contribution < -0.4 is 0 Å². The van der Waals surface area contributed by atoms with Gasteiger partial charge in [0.05, 0.1) is 0 Å². The zero-order valence-corrected chi connectivity index (χ0v) is 12.0. The van der Waals surface area contributed by atoms with Crippen LogP contribution in [0.1, 0.15) is 63.0 Å². The van der Waals surface area contributed by atoms with E-state index >= 15 is 0 Å². The Hall–Kier alpha value is -0.445. The summed E-state index contributed by atoms with van der Waals surface area (Å²) >= 11 is 0. The number of hydrogen-bond donors (Lipinski definition) is 2. The first-order chi connectivity index (χ1) is 7.96. The molecule has 0 bridgehead atoms. The van der Waals surface area contributed by atoms with Gasteiger partial charge in [0.1, 0.15) is 11.3 Å². The van der Waals surface area contributed by atoms with Crippen LogP contribution in [-0.4, -0.2) is 50.9 Å². The summed E-state index contributed by atoms with van der Waals surface area (Å²) in [6.45, 7) is 12.1. The molecule has 0 atom stereocenters. The highest BCUT2D eigenvalue weighted by atomic mass is 27.0. The molecular formula is C15H28Al2O3. The molecule has 0 saturated heterocycles. The molecule has 0 aliphatic rings. The fourth-order valence-electron chi connectivity index (χ4n) is 2.15. The Morgan fingerprint density at radius 2 is 1.40 bits per heavy atom. The lowest BCUT2D eigenvalue weighted by atomic mass is 9.74. The van der Waals surface area contributed by atoms with Crippen LogP contribution >= 0.6 is 0 Å². The van der Waals surface area contributed by atoms with Gasteiger partial charge in [-0.05, 0) is 22.5 Å². The van der Waals surface area contributed by atoms with Gasteiger partial charge in [0, 0.05) is 5.56 Å². The predicted molar refractivity (Wildman–Crippen MR) is 92.3 cm³/mol. The average molecular weight is 310 g/mol. The smallest absolute Gasteiger partial charge is 0.339 e. The van der Waals surface area contributed by atoms with Crippen LogP contribution in [0.25, 0.3) is 0 Å². The van der Waals surface area contributed by atoms with Gasteiger partial charge in [-0.25, -0.2) is 4.79 Å². The second kappa shape index (κ2) is 7.01. The van der Waals surface area contributed by atoms with E-state index in [4.69, 9.17) is 5.11 Å². The van der Waals surface area contributed by atoms with E-state index in [9.17, 15) is 9.90 Å². The second-order valence-electron chi connectivity index (χ2n) is 6.69. The fraction of sp³-hybridized carbons (Fsp3) is 0.533. The summed E-state index contributed by atoms with van der Waals surface area (Å²) in [5, 5.41) is 19.3. The number of carboxylic acids is 1. The third-order valence-corrected chi connectivity index (χ3v) is 2.97. The van der Waals surface area contributed by atoms with Gasteiger partial charge in [-0.15, -0.1) is 0 Å². The Morgan fingerprint density at radius 1 is 0.950 bits per heavy atom. The summed E-state index contributed by atoms with van der Waals surface area (Å²) in [4.78, 5) is 11.1. The molecule has 0 aliphatic heterocycles. The number of carboxylic acid groups (broad SMARTS) is 1. The highest BCUT2D eigenvalue weighted by Gasteiger charge is 2.30. The third-order valence-electron chi connectivity index (χ3n) is 2.97. The molecule has 0 radical (unpaired) electrons. The lowest BCUT2D eigenvalue weighted by Gasteiger charge is -2.31. The van der Waals surface area contributed by atoms with Crippen molar-refractivity contribution in [3.05, 3.63) is 28.8 Å². The molecular weight excluding hydrogens is 282 g/mol. The Kier molecular flexibility index (Phi) is 7.66. The molecule has 2 N–H and O–H groups in total. The van der Waals surface area contributed by atoms with Gasteiger partial charge in [0.15, 0.2) is 34.7 Å². The minimum Gasteiger partial charge on any atom is -0.507 e. The normalized spacial score (nSPS) is 11.3. The van der Waals surface area contributed by atoms with E-state index in [1.807, 2.05) is 26.8 Å². The quantitative estimate of drug-likeness (QED) is 0.769. The maximum absolute atomic E-state index is 11.1. The SMILES string of the molecule is CC(C)(C)c1ccc(C(=O)O)c(O)c1C(C)(C)C.[AlH3].[AlH3]. The second-order valence-corrected chi connectivity index (χ2v) is 6.69. The summed E-state index contributed by atoms with van der Waals surface area (Å²) in [7, 11) is 0. The fourth-order valence-corrected chi connectivity index (χ4v) is 2.15. The number of aromatic hydroxyl groups is 1. The maximum atomic E-state index is 11.1. The minimum atomic E-state index is -1.10. The Morgan fingerprint density at radius 3 is 1.70 bits per heavy atom. The van der Waals surface area contributed by atoms with Crippen LogP contribution in [0.2, 0.25) is 0 Å². The zero-order valence-electron chi connectivity index (χ0n) is 12.0. The van der Waals surface area contributed by atoms with Crippen molar-refractivity contribution >= 4 is 40.7 Å². The number of carbonyl (C=O) groups is 1. The molecule has 1 rings (SSSR count). The Labute approximate surface area is 142 Å². The summed E-state index contributed by atoms with van der Waals surface area (Å²) < 4.78 is 0. The minimum absolute atomic E-state index is 0. The van der Waals surface area contributed by atoms with Crippen molar-refractivity contribution in [3.8, 4) is 5.75 Å². The molecule has 3 nitrogen and oxygen atoms in total. The first kappa shape index (κ1) is 21.8. The van der Waals surface area contributed by atoms with Crippen molar-refractivity contribution in [2.75, 3.05) is 0 Å². The van der Waals surface area contributed by atoms with Crippen LogP contribution in [0.4, 0.5) is 0 Å². The van der Waals surface area contributed by atoms with Gasteiger partial charge in [0.2, 0.25) is 0 Å². The number of phenols is 1. The van der Waals surface area contributed by atoms with E-state index in [1.54, 1.807) is 0 Å². The van der Waals surface area contributed by atoms with Crippen molar-refractivity contribution in [2.45, 2.75) is 52.4 Å². The molecule has 20 heavy (non-hydrogen) atoms. The maximum Gasteiger partial charge on any atom is 0.339 e.